The zero-order valence-electron chi connectivity index (χ0n) is 25.4. The number of anilines is 1. The Hall–Kier alpha value is -4.05. The molecule has 2 aliphatic rings. The summed E-state index contributed by atoms with van der Waals surface area (Å²) >= 11 is 0. The smallest absolute Gasteiger partial charge is 0.332 e. The molecule has 6 rings (SSSR count). The lowest BCUT2D eigenvalue weighted by molar-refractivity contribution is 0.112. The molecule has 1 aromatic carbocycles. The quantitative estimate of drug-likeness (QED) is 0.245. The summed E-state index contributed by atoms with van der Waals surface area (Å²) in [6, 6.07) is 8.42. The summed E-state index contributed by atoms with van der Waals surface area (Å²) in [5.74, 6) is 7.16. The van der Waals surface area contributed by atoms with Crippen LogP contribution in [0.15, 0.2) is 33.9 Å². The minimum absolute atomic E-state index is 0.0363. The van der Waals surface area contributed by atoms with E-state index < -0.39 is 11.2 Å². The minimum Gasteiger partial charge on any atom is -0.341 e. The molecule has 2 saturated heterocycles. The summed E-state index contributed by atoms with van der Waals surface area (Å²) in [6.45, 7) is 7.56. The van der Waals surface area contributed by atoms with E-state index in [1.807, 2.05) is 35.8 Å². The molecule has 226 valence electrons. The predicted molar refractivity (Wildman–Crippen MR) is 168 cm³/mol. The Labute approximate surface area is 250 Å². The van der Waals surface area contributed by atoms with Gasteiger partial charge in [-0.3, -0.25) is 23.9 Å². The second-order valence-corrected chi connectivity index (χ2v) is 11.6. The largest absolute Gasteiger partial charge is 0.341 e. The van der Waals surface area contributed by atoms with Crippen LogP contribution < -0.4 is 26.9 Å². The van der Waals surface area contributed by atoms with Gasteiger partial charge in [0.15, 0.2) is 11.2 Å². The lowest BCUT2D eigenvalue weighted by Crippen LogP contribution is -2.57. The van der Waals surface area contributed by atoms with Crippen molar-refractivity contribution in [3.8, 4) is 11.8 Å². The van der Waals surface area contributed by atoms with Gasteiger partial charge in [-0.15, -0.1) is 5.92 Å². The number of hydrogen-bond acceptors (Lipinski definition) is 9. The summed E-state index contributed by atoms with van der Waals surface area (Å²) < 4.78 is 4.54. The van der Waals surface area contributed by atoms with Crippen LogP contribution in [-0.4, -0.2) is 79.0 Å². The number of hydrazine groups is 1. The third kappa shape index (κ3) is 5.68. The average molecular weight is 585 g/mol. The van der Waals surface area contributed by atoms with Crippen molar-refractivity contribution in [2.45, 2.75) is 64.7 Å². The number of benzene rings is 1. The van der Waals surface area contributed by atoms with Crippen LogP contribution in [-0.2, 0) is 20.1 Å². The molecule has 12 heteroatoms. The maximum atomic E-state index is 14.1. The second-order valence-electron chi connectivity index (χ2n) is 11.6. The Morgan fingerprint density at radius 3 is 2.74 bits per heavy atom. The molecule has 0 bridgehead atoms. The van der Waals surface area contributed by atoms with Crippen molar-refractivity contribution in [2.75, 3.05) is 38.1 Å². The van der Waals surface area contributed by atoms with Crippen molar-refractivity contribution in [3.63, 3.8) is 0 Å². The number of nitrogens with one attached hydrogen (secondary N) is 2. The Kier molecular flexibility index (Phi) is 8.30. The number of para-hydroxylation sites is 1. The highest BCUT2D eigenvalue weighted by Crippen LogP contribution is 2.25. The van der Waals surface area contributed by atoms with Gasteiger partial charge in [-0.1, -0.05) is 24.1 Å². The van der Waals surface area contributed by atoms with E-state index in [1.165, 1.54) is 15.6 Å². The molecular formula is C31H40N10O2. The van der Waals surface area contributed by atoms with E-state index in [4.69, 9.17) is 4.98 Å². The Bertz CT molecular complexity index is 1820. The summed E-state index contributed by atoms with van der Waals surface area (Å²) in [7, 11) is 3.78. The molecule has 3 aromatic heterocycles. The van der Waals surface area contributed by atoms with Crippen molar-refractivity contribution >= 4 is 28.0 Å². The molecule has 0 spiro atoms. The van der Waals surface area contributed by atoms with Crippen molar-refractivity contribution in [1.29, 1.82) is 0 Å². The molecule has 2 fully saturated rings. The van der Waals surface area contributed by atoms with Gasteiger partial charge in [0.25, 0.3) is 5.56 Å². The van der Waals surface area contributed by atoms with Crippen molar-refractivity contribution in [2.24, 2.45) is 7.05 Å². The first-order chi connectivity index (χ1) is 20.9. The number of aromatic nitrogens is 6. The molecule has 2 N–H and O–H groups in total. The molecule has 4 aromatic rings. The fourth-order valence-electron chi connectivity index (χ4n) is 6.36. The van der Waals surface area contributed by atoms with E-state index in [-0.39, 0.29) is 12.6 Å². The third-order valence-electron chi connectivity index (χ3n) is 8.68. The molecule has 2 aliphatic heterocycles. The summed E-state index contributed by atoms with van der Waals surface area (Å²) in [5, 5.41) is 6.66. The molecule has 0 aliphatic carbocycles. The van der Waals surface area contributed by atoms with E-state index >= 15 is 0 Å². The first-order valence-corrected chi connectivity index (χ1v) is 15.1. The lowest BCUT2D eigenvalue weighted by atomic mass is 10.1. The van der Waals surface area contributed by atoms with Crippen LogP contribution in [0.3, 0.4) is 0 Å². The Balaban J connectivity index is 1.37. The molecule has 0 amide bonds. The van der Waals surface area contributed by atoms with Crippen LogP contribution >= 0.6 is 0 Å². The summed E-state index contributed by atoms with van der Waals surface area (Å²) in [5.41, 5.74) is 5.12. The number of likely N-dealkylation sites (N-methyl/N-ethyl adjacent to an activating group) is 1. The van der Waals surface area contributed by atoms with E-state index in [2.05, 4.69) is 49.5 Å². The van der Waals surface area contributed by atoms with Gasteiger partial charge >= 0.3 is 5.69 Å². The van der Waals surface area contributed by atoms with Crippen LogP contribution in [0.1, 0.15) is 44.1 Å². The van der Waals surface area contributed by atoms with Gasteiger partial charge in [0.1, 0.15) is 5.82 Å². The SMILES string of the molecule is CC#CCn1c(N2CCCC(N(C)NC3CCCNC3)C2)nc2c1c(=O)n(Cc1nc(C)c3ccccc3n1)c(=O)n2C. The highest BCUT2D eigenvalue weighted by atomic mass is 16.2. The number of fused-ring (bicyclic) bond motifs is 2. The van der Waals surface area contributed by atoms with E-state index in [1.54, 1.807) is 14.0 Å². The van der Waals surface area contributed by atoms with E-state index in [9.17, 15) is 9.59 Å². The Morgan fingerprint density at radius 1 is 1.12 bits per heavy atom. The van der Waals surface area contributed by atoms with Gasteiger partial charge < -0.3 is 10.2 Å². The van der Waals surface area contributed by atoms with Crippen LogP contribution in [0.4, 0.5) is 5.95 Å². The molecule has 43 heavy (non-hydrogen) atoms. The second kappa shape index (κ2) is 12.3. The van der Waals surface area contributed by atoms with Gasteiger partial charge in [-0.25, -0.2) is 19.8 Å². The highest BCUT2D eigenvalue weighted by Gasteiger charge is 2.30. The van der Waals surface area contributed by atoms with Gasteiger partial charge in [-0.2, -0.15) is 4.98 Å². The fraction of sp³-hybridized carbons (Fsp3) is 0.516. The predicted octanol–water partition coefficient (Wildman–Crippen LogP) is 1.38. The number of imidazole rings is 1. The maximum Gasteiger partial charge on any atom is 0.332 e. The molecule has 2 unspecified atom stereocenters. The van der Waals surface area contributed by atoms with Crippen LogP contribution in [0.25, 0.3) is 22.1 Å². The van der Waals surface area contributed by atoms with Crippen molar-refractivity contribution in [1.82, 2.24) is 44.4 Å². The average Bonchev–Trinajstić information content (AvgIpc) is 3.41. The summed E-state index contributed by atoms with van der Waals surface area (Å²) in [6.07, 6.45) is 4.38. The zero-order valence-corrected chi connectivity index (χ0v) is 25.4. The van der Waals surface area contributed by atoms with Gasteiger partial charge in [0.2, 0.25) is 5.95 Å². The molecule has 0 radical (unpaired) electrons. The molecular weight excluding hydrogens is 544 g/mol. The third-order valence-corrected chi connectivity index (χ3v) is 8.68. The van der Waals surface area contributed by atoms with E-state index in [0.717, 1.165) is 62.0 Å². The zero-order chi connectivity index (χ0) is 30.1. The van der Waals surface area contributed by atoms with Gasteiger partial charge in [-0.05, 0) is 52.1 Å². The normalized spacial score (nSPS) is 19.2. The maximum absolute atomic E-state index is 14.1. The minimum atomic E-state index is -0.453. The topological polar surface area (TPSA) is 118 Å². The van der Waals surface area contributed by atoms with E-state index in [0.29, 0.717) is 35.5 Å². The molecule has 12 nitrogen and oxygen atoms in total. The molecule has 2 atom stereocenters. The lowest BCUT2D eigenvalue weighted by Gasteiger charge is -2.40. The van der Waals surface area contributed by atoms with Crippen LogP contribution in [0, 0.1) is 18.8 Å². The highest BCUT2D eigenvalue weighted by molar-refractivity contribution is 5.80. The van der Waals surface area contributed by atoms with Crippen molar-refractivity contribution < 1.29 is 0 Å². The standard InChI is InChI=1S/C31H40N10O2/c1-5-6-17-40-27-28(35-30(40)39-16-10-12-23(19-39)38(4)36-22-11-9-15-32-18-22)37(3)31(43)41(29(27)42)20-26-33-21(2)24-13-7-8-14-25(24)34-26/h7-8,13-14,22-23,32,36H,9-12,15-20H2,1-4H3. The van der Waals surface area contributed by atoms with Gasteiger partial charge in [0.05, 0.1) is 18.6 Å². The number of piperidine rings is 2. The van der Waals surface area contributed by atoms with Gasteiger partial charge in [0, 0.05) is 56.9 Å². The molecule has 0 saturated carbocycles. The number of hydrogen-bond donors (Lipinski definition) is 2. The number of aryl methyl sites for hydroxylation is 2. The number of nitrogens with zero attached hydrogens (tertiary/aromatic N) is 8. The van der Waals surface area contributed by atoms with Crippen molar-refractivity contribution in [3.05, 3.63) is 56.6 Å². The van der Waals surface area contributed by atoms with Crippen LogP contribution in [0.5, 0.6) is 0 Å². The summed E-state index contributed by atoms with van der Waals surface area (Å²) in [4.78, 5) is 44.0. The fourth-order valence-corrected chi connectivity index (χ4v) is 6.36. The monoisotopic (exact) mass is 584 g/mol. The van der Waals surface area contributed by atoms with Crippen LogP contribution in [0.2, 0.25) is 0 Å². The first-order valence-electron chi connectivity index (χ1n) is 15.1. The Morgan fingerprint density at radius 2 is 1.95 bits per heavy atom. The number of rotatable bonds is 7. The molecule has 5 heterocycles. The first kappa shape index (κ1) is 29.0.